The minimum atomic E-state index is -1.26. The van der Waals surface area contributed by atoms with Gasteiger partial charge in [-0.1, -0.05) is 24.3 Å². The summed E-state index contributed by atoms with van der Waals surface area (Å²) in [4.78, 5) is 50.8. The van der Waals surface area contributed by atoms with Crippen molar-refractivity contribution in [3.63, 3.8) is 0 Å². The Morgan fingerprint density at radius 3 is 1.98 bits per heavy atom. The van der Waals surface area contributed by atoms with Gasteiger partial charge in [-0.2, -0.15) is 0 Å². The number of nitrogens with zero attached hydrogens (tertiary/aromatic N) is 3. The van der Waals surface area contributed by atoms with Gasteiger partial charge in [0.05, 0.1) is 11.8 Å². The molecule has 2 N–H and O–H groups in total. The summed E-state index contributed by atoms with van der Waals surface area (Å²) >= 11 is 0. The number of aryl methyl sites for hydroxylation is 1. The highest BCUT2D eigenvalue weighted by molar-refractivity contribution is 5.94. The Labute approximate surface area is 253 Å². The Morgan fingerprint density at radius 2 is 1.40 bits per heavy atom. The molecule has 0 saturated carbocycles. The lowest BCUT2D eigenvalue weighted by atomic mass is 10.0. The van der Waals surface area contributed by atoms with Gasteiger partial charge < -0.3 is 29.6 Å². The molecule has 10 heteroatoms. The molecule has 232 valence electrons. The predicted octanol–water partition coefficient (Wildman–Crippen LogP) is 4.48. The summed E-state index contributed by atoms with van der Waals surface area (Å²) in [5.74, 6) is -1.23. The van der Waals surface area contributed by atoms with Crippen molar-refractivity contribution in [3.05, 3.63) is 71.8 Å². The number of carboxylic acids is 2. The molecule has 0 atom stereocenters. The van der Waals surface area contributed by atoms with Crippen LogP contribution >= 0.6 is 0 Å². The normalized spacial score (nSPS) is 15.2. The van der Waals surface area contributed by atoms with Crippen LogP contribution in [0.5, 0.6) is 5.75 Å². The van der Waals surface area contributed by atoms with Crippen molar-refractivity contribution in [2.75, 3.05) is 44.2 Å². The topological polar surface area (TPSA) is 128 Å². The van der Waals surface area contributed by atoms with Crippen molar-refractivity contribution in [3.8, 4) is 5.75 Å². The minimum Gasteiger partial charge on any atom is -0.489 e. The Morgan fingerprint density at radius 1 is 0.791 bits per heavy atom. The van der Waals surface area contributed by atoms with Crippen LogP contribution in [0.3, 0.4) is 0 Å². The average molecular weight is 594 g/mol. The van der Waals surface area contributed by atoms with Crippen molar-refractivity contribution in [2.45, 2.75) is 58.5 Å². The maximum absolute atomic E-state index is 12.8. The molecular weight excluding hydrogens is 550 g/mol. The molecule has 0 radical (unpaired) electrons. The zero-order valence-corrected chi connectivity index (χ0v) is 25.1. The van der Waals surface area contributed by atoms with Crippen molar-refractivity contribution in [2.24, 2.45) is 0 Å². The number of likely N-dealkylation sites (tertiary alicyclic amines) is 1. The monoisotopic (exact) mass is 593 g/mol. The zero-order valence-electron chi connectivity index (χ0n) is 25.1. The van der Waals surface area contributed by atoms with Gasteiger partial charge in [-0.3, -0.25) is 9.59 Å². The SMILES string of the molecule is CC(C)Oc1ccccc1N1CCN(C(=O)CCCc2ccc(C(=O)N3CCCCC3)cc2)CC1.O=C(O)C=CC(=O)O. The highest BCUT2D eigenvalue weighted by atomic mass is 16.5. The standard InChI is InChI=1S/C29H39N3O3.C4H4O4/c1-23(2)35-27-11-5-4-10-26(27)30-19-21-31(22-20-30)28(33)12-8-9-24-13-15-25(16-14-24)29(34)32-17-6-3-7-18-32;5-3(6)1-2-4(7)8/h4-5,10-11,13-16,23H,3,6-9,12,17-22H2,1-2H3;1-2H,(H,5,6)(H,7,8). The number of rotatable bonds is 10. The molecule has 2 aliphatic heterocycles. The van der Waals surface area contributed by atoms with E-state index in [0.29, 0.717) is 18.6 Å². The first kappa shape index (κ1) is 33.2. The van der Waals surface area contributed by atoms with Crippen molar-refractivity contribution in [1.82, 2.24) is 9.80 Å². The van der Waals surface area contributed by atoms with Crippen LogP contribution in [0.1, 0.15) is 61.9 Å². The van der Waals surface area contributed by atoms with Crippen LogP contribution in [0.25, 0.3) is 0 Å². The first-order valence-electron chi connectivity index (χ1n) is 14.9. The van der Waals surface area contributed by atoms with E-state index in [1.165, 1.54) is 12.0 Å². The Hall–Kier alpha value is -4.34. The molecule has 43 heavy (non-hydrogen) atoms. The van der Waals surface area contributed by atoms with Gasteiger partial charge in [-0.25, -0.2) is 9.59 Å². The highest BCUT2D eigenvalue weighted by Crippen LogP contribution is 2.29. The number of hydrogen-bond acceptors (Lipinski definition) is 6. The van der Waals surface area contributed by atoms with E-state index in [2.05, 4.69) is 11.0 Å². The molecular formula is C33H43N3O7. The Bertz CT molecular complexity index is 1230. The number of hydrogen-bond donors (Lipinski definition) is 2. The van der Waals surface area contributed by atoms with Gasteiger partial charge in [0.1, 0.15) is 5.75 Å². The van der Waals surface area contributed by atoms with Gasteiger partial charge in [0.15, 0.2) is 0 Å². The van der Waals surface area contributed by atoms with E-state index in [-0.39, 0.29) is 17.9 Å². The fourth-order valence-corrected chi connectivity index (χ4v) is 5.11. The number of piperazine rings is 1. The number of carbonyl (C=O) groups is 4. The first-order valence-corrected chi connectivity index (χ1v) is 14.9. The molecule has 0 bridgehead atoms. The van der Waals surface area contributed by atoms with Gasteiger partial charge in [0.25, 0.3) is 5.91 Å². The lowest BCUT2D eigenvalue weighted by Gasteiger charge is -2.37. The van der Waals surface area contributed by atoms with Gasteiger partial charge in [0.2, 0.25) is 5.91 Å². The quantitative estimate of drug-likeness (QED) is 0.386. The maximum Gasteiger partial charge on any atom is 0.328 e. The predicted molar refractivity (Wildman–Crippen MR) is 165 cm³/mol. The summed E-state index contributed by atoms with van der Waals surface area (Å²) in [6, 6.07) is 16.1. The maximum atomic E-state index is 12.8. The van der Waals surface area contributed by atoms with Gasteiger partial charge >= 0.3 is 11.9 Å². The van der Waals surface area contributed by atoms with Crippen LogP contribution < -0.4 is 9.64 Å². The molecule has 4 rings (SSSR count). The lowest BCUT2D eigenvalue weighted by molar-refractivity contribution is -0.134. The van der Waals surface area contributed by atoms with Crippen molar-refractivity contribution >= 4 is 29.4 Å². The summed E-state index contributed by atoms with van der Waals surface area (Å²) in [6.07, 6.45) is 6.91. The fraction of sp³-hybridized carbons (Fsp3) is 0.455. The number of carbonyl (C=O) groups excluding carboxylic acids is 2. The molecule has 2 aliphatic rings. The molecule has 0 unspecified atom stereocenters. The summed E-state index contributed by atoms with van der Waals surface area (Å²) in [5, 5.41) is 15.6. The second kappa shape index (κ2) is 16.9. The second-order valence-electron chi connectivity index (χ2n) is 10.9. The lowest BCUT2D eigenvalue weighted by Crippen LogP contribution is -2.48. The van der Waals surface area contributed by atoms with E-state index in [9.17, 15) is 19.2 Å². The third-order valence-corrected chi connectivity index (χ3v) is 7.27. The zero-order chi connectivity index (χ0) is 31.2. The van der Waals surface area contributed by atoms with Crippen LogP contribution in [0.2, 0.25) is 0 Å². The summed E-state index contributed by atoms with van der Waals surface area (Å²) in [5.41, 5.74) is 3.06. The third-order valence-electron chi connectivity index (χ3n) is 7.27. The molecule has 2 saturated heterocycles. The summed E-state index contributed by atoms with van der Waals surface area (Å²) in [7, 11) is 0. The van der Waals surface area contributed by atoms with Crippen LogP contribution in [-0.4, -0.2) is 89.1 Å². The minimum absolute atomic E-state index is 0.130. The highest BCUT2D eigenvalue weighted by Gasteiger charge is 2.23. The molecule has 0 aliphatic carbocycles. The number of carboxylic acid groups (broad SMARTS) is 2. The number of para-hydroxylation sites is 2. The molecule has 2 amide bonds. The molecule has 2 fully saturated rings. The largest absolute Gasteiger partial charge is 0.489 e. The van der Waals surface area contributed by atoms with E-state index in [1.807, 2.05) is 66.1 Å². The van der Waals surface area contributed by atoms with Crippen LogP contribution in [-0.2, 0) is 20.8 Å². The van der Waals surface area contributed by atoms with Crippen molar-refractivity contribution in [1.29, 1.82) is 0 Å². The second-order valence-corrected chi connectivity index (χ2v) is 10.9. The molecule has 2 aromatic rings. The number of piperidine rings is 1. The van der Waals surface area contributed by atoms with Gasteiger partial charge in [-0.15, -0.1) is 0 Å². The summed E-state index contributed by atoms with van der Waals surface area (Å²) in [6.45, 7) is 8.93. The molecule has 2 heterocycles. The van der Waals surface area contributed by atoms with Crippen LogP contribution in [0.15, 0.2) is 60.7 Å². The first-order chi connectivity index (χ1) is 20.6. The van der Waals surface area contributed by atoms with E-state index in [4.69, 9.17) is 14.9 Å². The van der Waals surface area contributed by atoms with E-state index < -0.39 is 11.9 Å². The average Bonchev–Trinajstić information content (AvgIpc) is 3.01. The smallest absolute Gasteiger partial charge is 0.328 e. The van der Waals surface area contributed by atoms with Crippen molar-refractivity contribution < 1.29 is 34.1 Å². The van der Waals surface area contributed by atoms with E-state index >= 15 is 0 Å². The Kier molecular flexibility index (Phi) is 13.1. The summed E-state index contributed by atoms with van der Waals surface area (Å²) < 4.78 is 5.98. The number of anilines is 1. The van der Waals surface area contributed by atoms with Crippen LogP contribution in [0, 0.1) is 0 Å². The third kappa shape index (κ3) is 11.1. The number of amides is 2. The molecule has 2 aromatic carbocycles. The van der Waals surface area contributed by atoms with Gasteiger partial charge in [-0.05, 0) is 75.8 Å². The van der Waals surface area contributed by atoms with Gasteiger partial charge in [0, 0.05) is 63.4 Å². The number of aliphatic carboxylic acids is 2. The molecule has 0 spiro atoms. The van der Waals surface area contributed by atoms with E-state index in [0.717, 1.165) is 82.0 Å². The molecule has 10 nitrogen and oxygen atoms in total. The number of ether oxygens (including phenoxy) is 1. The van der Waals surface area contributed by atoms with E-state index in [1.54, 1.807) is 0 Å². The number of benzene rings is 2. The fourth-order valence-electron chi connectivity index (χ4n) is 5.11. The molecule has 0 aromatic heterocycles. The van der Waals surface area contributed by atoms with Crippen LogP contribution in [0.4, 0.5) is 5.69 Å². The Balaban J connectivity index is 0.000000557.